The Kier molecular flexibility index (Phi) is 3.40. The van der Waals surface area contributed by atoms with E-state index in [1.54, 1.807) is 11.3 Å². The summed E-state index contributed by atoms with van der Waals surface area (Å²) in [4.78, 5) is 32.2. The third-order valence-corrected chi connectivity index (χ3v) is 5.72. The van der Waals surface area contributed by atoms with E-state index in [-0.39, 0.29) is 27.4 Å². The highest BCUT2D eigenvalue weighted by Crippen LogP contribution is 2.48. The number of carbonyl (C=O) groups is 1. The number of nitrogens with one attached hydrogen (secondary N) is 3. The minimum absolute atomic E-state index is 0.0988. The van der Waals surface area contributed by atoms with Gasteiger partial charge in [0.1, 0.15) is 5.82 Å². The molecule has 1 aliphatic carbocycles. The van der Waals surface area contributed by atoms with Gasteiger partial charge >= 0.3 is 0 Å². The molecule has 0 aromatic carbocycles. The van der Waals surface area contributed by atoms with Gasteiger partial charge in [0.2, 0.25) is 0 Å². The first-order valence-corrected chi connectivity index (χ1v) is 9.08. The van der Waals surface area contributed by atoms with Gasteiger partial charge in [0, 0.05) is 22.6 Å². The first-order valence-electron chi connectivity index (χ1n) is 7.79. The fourth-order valence-electron chi connectivity index (χ4n) is 3.69. The molecule has 0 saturated carbocycles. The maximum absolute atomic E-state index is 12.9. The van der Waals surface area contributed by atoms with E-state index in [1.165, 1.54) is 0 Å². The number of ketones is 1. The molecule has 0 unspecified atom stereocenters. The monoisotopic (exact) mass is 359 g/mol. The Morgan fingerprint density at radius 3 is 2.75 bits per heavy atom. The van der Waals surface area contributed by atoms with E-state index in [9.17, 15) is 9.59 Å². The lowest BCUT2D eigenvalue weighted by Crippen LogP contribution is -2.36. The highest BCUT2D eigenvalue weighted by atomic mass is 32.1. The average molecular weight is 359 g/mol. The van der Waals surface area contributed by atoms with Crippen molar-refractivity contribution in [3.05, 3.63) is 54.3 Å². The van der Waals surface area contributed by atoms with E-state index in [0.29, 0.717) is 17.8 Å². The highest BCUT2D eigenvalue weighted by Gasteiger charge is 2.42. The van der Waals surface area contributed by atoms with Crippen LogP contribution in [0.2, 0.25) is 0 Å². The number of hydrogen-bond acceptors (Lipinski definition) is 5. The quantitative estimate of drug-likeness (QED) is 0.679. The molecule has 124 valence electrons. The van der Waals surface area contributed by atoms with E-state index < -0.39 is 0 Å². The molecule has 1 aliphatic heterocycles. The third-order valence-electron chi connectivity index (χ3n) is 4.58. The van der Waals surface area contributed by atoms with Crippen LogP contribution in [0.3, 0.4) is 0 Å². The smallest absolute Gasteiger partial charge is 0.258 e. The van der Waals surface area contributed by atoms with Gasteiger partial charge in [0.15, 0.2) is 10.6 Å². The molecule has 3 N–H and O–H groups in total. The molecule has 0 amide bonds. The second-order valence-electron chi connectivity index (χ2n) is 7.10. The molecule has 4 rings (SSSR count). The second-order valence-corrected chi connectivity index (χ2v) is 8.49. The van der Waals surface area contributed by atoms with Crippen LogP contribution in [0.1, 0.15) is 43.0 Å². The van der Waals surface area contributed by atoms with Gasteiger partial charge in [-0.15, -0.1) is 11.3 Å². The van der Waals surface area contributed by atoms with Gasteiger partial charge in [-0.25, -0.2) is 0 Å². The number of thiophene rings is 1. The van der Waals surface area contributed by atoms with Crippen LogP contribution in [0.25, 0.3) is 0 Å². The molecule has 2 aromatic rings. The topological polar surface area (TPSA) is 77.8 Å². The van der Waals surface area contributed by atoms with Crippen molar-refractivity contribution >= 4 is 35.2 Å². The summed E-state index contributed by atoms with van der Waals surface area (Å²) in [6.07, 6.45) is 1.26. The summed E-state index contributed by atoms with van der Waals surface area (Å²) in [7, 11) is 0. The predicted octanol–water partition coefficient (Wildman–Crippen LogP) is 3.69. The van der Waals surface area contributed by atoms with E-state index in [4.69, 9.17) is 12.2 Å². The van der Waals surface area contributed by atoms with Crippen molar-refractivity contribution in [1.29, 1.82) is 0 Å². The Labute approximate surface area is 147 Å². The molecule has 3 heterocycles. The number of hydrogen-bond donors (Lipinski definition) is 3. The van der Waals surface area contributed by atoms with Crippen molar-refractivity contribution < 1.29 is 4.79 Å². The summed E-state index contributed by atoms with van der Waals surface area (Å²) in [6, 6.07) is 3.92. The maximum atomic E-state index is 12.9. The number of allylic oxidation sites excluding steroid dienone is 2. The Hall–Kier alpha value is -1.99. The van der Waals surface area contributed by atoms with Gasteiger partial charge in [-0.1, -0.05) is 19.9 Å². The van der Waals surface area contributed by atoms with E-state index in [0.717, 1.165) is 22.6 Å². The van der Waals surface area contributed by atoms with Crippen molar-refractivity contribution in [3.63, 3.8) is 0 Å². The van der Waals surface area contributed by atoms with E-state index >= 15 is 0 Å². The van der Waals surface area contributed by atoms with Crippen molar-refractivity contribution in [1.82, 2.24) is 9.97 Å². The summed E-state index contributed by atoms with van der Waals surface area (Å²) in [5, 5.41) is 5.25. The van der Waals surface area contributed by atoms with Crippen molar-refractivity contribution in [3.8, 4) is 0 Å². The second kappa shape index (κ2) is 5.26. The van der Waals surface area contributed by atoms with Crippen molar-refractivity contribution in [2.75, 3.05) is 5.32 Å². The first kappa shape index (κ1) is 15.5. The van der Waals surface area contributed by atoms with Gasteiger partial charge in [0.25, 0.3) is 5.56 Å². The highest BCUT2D eigenvalue weighted by molar-refractivity contribution is 7.71. The zero-order valence-corrected chi connectivity index (χ0v) is 15.0. The molecule has 0 saturated heterocycles. The van der Waals surface area contributed by atoms with Crippen LogP contribution < -0.4 is 10.9 Å². The number of anilines is 1. The minimum Gasteiger partial charge on any atom is -0.344 e. The standard InChI is InChI=1S/C17H17N3O2S2/c1-17(2)6-8-11(9(21)7-17)12(10-4-3-5-24-10)13-14(18-8)19-16(23)20-15(13)22/h3-5,12H,6-7H2,1-2H3,(H3,18,19,20,22,23)/t12-/m0/s1. The lowest BCUT2D eigenvalue weighted by Gasteiger charge is -2.38. The van der Waals surface area contributed by atoms with Gasteiger partial charge in [-0.2, -0.15) is 0 Å². The van der Waals surface area contributed by atoms with Gasteiger partial charge in [-0.05, 0) is 35.5 Å². The number of H-pyrrole nitrogens is 2. The number of rotatable bonds is 1. The van der Waals surface area contributed by atoms with E-state index in [2.05, 4.69) is 29.1 Å². The predicted molar refractivity (Wildman–Crippen MR) is 97.1 cm³/mol. The summed E-state index contributed by atoms with van der Waals surface area (Å²) >= 11 is 6.66. The van der Waals surface area contributed by atoms with Crippen LogP contribution >= 0.6 is 23.6 Å². The average Bonchev–Trinajstić information content (AvgIpc) is 2.96. The molecule has 2 aromatic heterocycles. The Morgan fingerprint density at radius 1 is 1.25 bits per heavy atom. The van der Waals surface area contributed by atoms with Crippen LogP contribution in [0.5, 0.6) is 0 Å². The molecule has 0 bridgehead atoms. The van der Waals surface area contributed by atoms with Crippen molar-refractivity contribution in [2.24, 2.45) is 5.41 Å². The molecule has 24 heavy (non-hydrogen) atoms. The number of aromatic nitrogens is 2. The lowest BCUT2D eigenvalue weighted by atomic mass is 9.70. The fourth-order valence-corrected chi connectivity index (χ4v) is 4.72. The first-order chi connectivity index (χ1) is 11.4. The molecule has 0 radical (unpaired) electrons. The lowest BCUT2D eigenvalue weighted by molar-refractivity contribution is -0.118. The number of Topliss-reactive ketones (excluding diaryl/α,β-unsaturated/α-hetero) is 1. The molecular weight excluding hydrogens is 342 g/mol. The summed E-state index contributed by atoms with van der Waals surface area (Å²) in [5.74, 6) is 0.376. The molecule has 0 spiro atoms. The van der Waals surface area contributed by atoms with Crippen LogP contribution in [0.15, 0.2) is 33.6 Å². The molecule has 7 heteroatoms. The zero-order chi connectivity index (χ0) is 17.1. The molecule has 0 fully saturated rings. The number of aromatic amines is 2. The van der Waals surface area contributed by atoms with Crippen LogP contribution in [-0.2, 0) is 4.79 Å². The molecule has 1 atom stereocenters. The Bertz CT molecular complexity index is 980. The van der Waals surface area contributed by atoms with E-state index in [1.807, 2.05) is 17.5 Å². The fraction of sp³-hybridized carbons (Fsp3) is 0.353. The van der Waals surface area contributed by atoms with Gasteiger partial charge in [0.05, 0.1) is 11.5 Å². The van der Waals surface area contributed by atoms with Gasteiger partial charge < -0.3 is 10.3 Å². The third kappa shape index (κ3) is 2.39. The SMILES string of the molecule is CC1(C)CC(=O)C2=C(C1)Nc1[nH]c(=S)[nH]c(=O)c1[C@H]2c1cccs1. The van der Waals surface area contributed by atoms with Gasteiger partial charge in [-0.3, -0.25) is 14.6 Å². The number of carbonyl (C=O) groups excluding carboxylic acids is 1. The molecule has 2 aliphatic rings. The summed E-state index contributed by atoms with van der Waals surface area (Å²) in [6.45, 7) is 4.18. The summed E-state index contributed by atoms with van der Waals surface area (Å²) in [5.41, 5.74) is 1.82. The molecular formula is C17H17N3O2S2. The molecule has 5 nitrogen and oxygen atoms in total. The van der Waals surface area contributed by atoms with Crippen molar-refractivity contribution in [2.45, 2.75) is 32.6 Å². The van der Waals surface area contributed by atoms with Crippen LogP contribution in [-0.4, -0.2) is 15.8 Å². The number of fused-ring (bicyclic) bond motifs is 1. The maximum Gasteiger partial charge on any atom is 0.258 e. The van der Waals surface area contributed by atoms with Crippen LogP contribution in [0, 0.1) is 10.2 Å². The Balaban J connectivity index is 2.01. The summed E-state index contributed by atoms with van der Waals surface area (Å²) < 4.78 is 0.279. The Morgan fingerprint density at radius 2 is 2.04 bits per heavy atom. The zero-order valence-electron chi connectivity index (χ0n) is 13.4. The van der Waals surface area contributed by atoms with Crippen LogP contribution in [0.4, 0.5) is 5.82 Å². The largest absolute Gasteiger partial charge is 0.344 e. The normalized spacial score (nSPS) is 21.9. The minimum atomic E-state index is -0.338.